The molecule has 0 radical (unpaired) electrons. The van der Waals surface area contributed by atoms with E-state index in [0.29, 0.717) is 43.6 Å². The Hall–Kier alpha value is -3.36. The van der Waals surface area contributed by atoms with Crippen LogP contribution >= 0.6 is 0 Å². The molecule has 0 aliphatic heterocycles. The zero-order valence-electron chi connectivity index (χ0n) is 17.0. The fraction of sp³-hybridized carbons (Fsp3) is 0.429. The predicted molar refractivity (Wildman–Crippen MR) is 107 cm³/mol. The monoisotopic (exact) mass is 415 g/mol. The first-order valence-electron chi connectivity index (χ1n) is 9.84. The maximum absolute atomic E-state index is 12.7. The average Bonchev–Trinajstić information content (AvgIpc) is 3.16. The lowest BCUT2D eigenvalue weighted by atomic mass is 9.89. The maximum Gasteiger partial charge on any atom is 0.326 e. The van der Waals surface area contributed by atoms with E-state index >= 15 is 0 Å². The molecule has 160 valence electrons. The molecule has 1 aromatic heterocycles. The Balaban J connectivity index is 1.67. The fourth-order valence-electron chi connectivity index (χ4n) is 3.54. The molecule has 1 aliphatic rings. The van der Waals surface area contributed by atoms with Gasteiger partial charge in [-0.2, -0.15) is 0 Å². The molecule has 0 unspecified atom stereocenters. The molecule has 1 heterocycles. The summed E-state index contributed by atoms with van der Waals surface area (Å²) in [6, 6.07) is 4.58. The second-order valence-electron chi connectivity index (χ2n) is 7.20. The van der Waals surface area contributed by atoms with Crippen LogP contribution < -0.4 is 15.4 Å². The van der Waals surface area contributed by atoms with Crippen molar-refractivity contribution in [2.75, 3.05) is 13.7 Å². The van der Waals surface area contributed by atoms with Gasteiger partial charge in [-0.1, -0.05) is 5.16 Å². The average molecular weight is 415 g/mol. The Labute approximate surface area is 173 Å². The Bertz CT molecular complexity index is 952. The molecule has 3 N–H and O–H groups in total. The minimum Gasteiger partial charge on any atom is -0.497 e. The van der Waals surface area contributed by atoms with E-state index in [1.807, 2.05) is 18.2 Å². The summed E-state index contributed by atoms with van der Waals surface area (Å²) in [7, 11) is 1.60. The first-order valence-corrected chi connectivity index (χ1v) is 9.84. The highest BCUT2D eigenvalue weighted by atomic mass is 16.5. The van der Waals surface area contributed by atoms with Gasteiger partial charge in [0.2, 0.25) is 5.91 Å². The number of carboxylic acid groups (broad SMARTS) is 1. The van der Waals surface area contributed by atoms with Crippen LogP contribution in [0.2, 0.25) is 0 Å². The molecule has 0 bridgehead atoms. The quantitative estimate of drug-likeness (QED) is 0.534. The van der Waals surface area contributed by atoms with Crippen molar-refractivity contribution in [3.05, 3.63) is 35.0 Å². The summed E-state index contributed by atoms with van der Waals surface area (Å²) in [5, 5.41) is 18.6. The van der Waals surface area contributed by atoms with E-state index in [0.717, 1.165) is 16.9 Å². The number of aromatic nitrogens is 1. The Morgan fingerprint density at radius 1 is 1.27 bits per heavy atom. The van der Waals surface area contributed by atoms with Gasteiger partial charge < -0.3 is 25.0 Å². The minimum absolute atomic E-state index is 0.121. The number of rotatable bonds is 9. The second kappa shape index (κ2) is 9.43. The van der Waals surface area contributed by atoms with Crippen LogP contribution in [0, 0.1) is 0 Å². The first kappa shape index (κ1) is 21.4. The molecule has 30 heavy (non-hydrogen) atoms. The van der Waals surface area contributed by atoms with Crippen molar-refractivity contribution in [1.29, 1.82) is 0 Å². The lowest BCUT2D eigenvalue weighted by molar-refractivity contribution is -0.139. The third kappa shape index (κ3) is 4.79. The summed E-state index contributed by atoms with van der Waals surface area (Å²) in [5.74, 6) is -0.526. The largest absolute Gasteiger partial charge is 0.497 e. The van der Waals surface area contributed by atoms with Gasteiger partial charge in [-0.15, -0.1) is 0 Å². The van der Waals surface area contributed by atoms with Crippen molar-refractivity contribution in [3.8, 4) is 17.1 Å². The van der Waals surface area contributed by atoms with Crippen molar-refractivity contribution >= 4 is 17.8 Å². The molecule has 3 rings (SSSR count). The van der Waals surface area contributed by atoms with Gasteiger partial charge in [0, 0.05) is 24.6 Å². The lowest BCUT2D eigenvalue weighted by Crippen LogP contribution is -2.41. The van der Waals surface area contributed by atoms with Gasteiger partial charge in [0.15, 0.2) is 11.5 Å². The van der Waals surface area contributed by atoms with E-state index in [1.54, 1.807) is 7.11 Å². The van der Waals surface area contributed by atoms with E-state index in [-0.39, 0.29) is 18.0 Å². The summed E-state index contributed by atoms with van der Waals surface area (Å²) in [5.41, 5.74) is 2.71. The maximum atomic E-state index is 12.7. The number of fused-ring (bicyclic) bond motifs is 3. The smallest absolute Gasteiger partial charge is 0.326 e. The van der Waals surface area contributed by atoms with Gasteiger partial charge >= 0.3 is 5.97 Å². The van der Waals surface area contributed by atoms with Crippen LogP contribution in [-0.2, 0) is 22.4 Å². The summed E-state index contributed by atoms with van der Waals surface area (Å²) >= 11 is 0. The normalized spacial score (nSPS) is 13.0. The summed E-state index contributed by atoms with van der Waals surface area (Å²) < 4.78 is 10.7. The van der Waals surface area contributed by atoms with Crippen LogP contribution in [0.15, 0.2) is 22.7 Å². The van der Waals surface area contributed by atoms with E-state index in [1.165, 1.54) is 6.92 Å². The van der Waals surface area contributed by atoms with Crippen LogP contribution in [-0.4, -0.2) is 47.7 Å². The third-order valence-electron chi connectivity index (χ3n) is 5.10. The van der Waals surface area contributed by atoms with Crippen LogP contribution in [0.5, 0.6) is 5.75 Å². The molecule has 0 saturated carbocycles. The van der Waals surface area contributed by atoms with Gasteiger partial charge in [-0.25, -0.2) is 4.79 Å². The summed E-state index contributed by atoms with van der Waals surface area (Å²) in [4.78, 5) is 35.1. The summed E-state index contributed by atoms with van der Waals surface area (Å²) in [6.07, 6.45) is 2.69. The molecule has 2 aromatic rings. The Morgan fingerprint density at radius 3 is 2.77 bits per heavy atom. The van der Waals surface area contributed by atoms with Gasteiger partial charge in [-0.3, -0.25) is 9.59 Å². The zero-order valence-corrected chi connectivity index (χ0v) is 17.0. The minimum atomic E-state index is -1.11. The topological polar surface area (TPSA) is 131 Å². The predicted octanol–water partition coefficient (Wildman–Crippen LogP) is 1.94. The van der Waals surface area contributed by atoms with Crippen LogP contribution in [0.3, 0.4) is 0 Å². The van der Waals surface area contributed by atoms with Gasteiger partial charge in [0.05, 0.1) is 7.11 Å². The van der Waals surface area contributed by atoms with Gasteiger partial charge in [0.1, 0.15) is 11.8 Å². The van der Waals surface area contributed by atoms with Crippen LogP contribution in [0.4, 0.5) is 0 Å². The van der Waals surface area contributed by atoms with E-state index in [2.05, 4.69) is 15.8 Å². The molecule has 2 amide bonds. The molecule has 0 fully saturated rings. The summed E-state index contributed by atoms with van der Waals surface area (Å²) in [6.45, 7) is 1.89. The number of amides is 2. The number of unbranched alkanes of at least 4 members (excludes halogenated alkanes) is 1. The zero-order chi connectivity index (χ0) is 21.7. The first-order chi connectivity index (χ1) is 14.4. The van der Waals surface area contributed by atoms with Crippen molar-refractivity contribution in [2.45, 2.75) is 45.1 Å². The highest BCUT2D eigenvalue weighted by molar-refractivity contribution is 5.97. The number of hydrogen-bond acceptors (Lipinski definition) is 6. The van der Waals surface area contributed by atoms with Crippen LogP contribution in [0.1, 0.15) is 47.8 Å². The van der Waals surface area contributed by atoms with Crippen LogP contribution in [0.25, 0.3) is 11.3 Å². The number of ether oxygens (including phenoxy) is 1. The third-order valence-corrected chi connectivity index (χ3v) is 5.10. The number of aliphatic carboxylic acids is 1. The highest BCUT2D eigenvalue weighted by Crippen LogP contribution is 2.37. The van der Waals surface area contributed by atoms with Crippen molar-refractivity contribution < 1.29 is 28.8 Å². The number of hydrogen-bond donors (Lipinski definition) is 3. The number of aryl methyl sites for hydroxylation is 1. The Kier molecular flexibility index (Phi) is 6.71. The molecule has 0 saturated heterocycles. The molecule has 9 nitrogen and oxygen atoms in total. The number of carboxylic acids is 1. The molecule has 1 aromatic carbocycles. The standard InChI is InChI=1S/C21H25N3O6/c1-12(25)22-10-4-3-5-17(21(27)28)23-20(26)18-16-8-6-13-11-14(29-2)7-9-15(13)19(16)30-24-18/h7,9,11,17H,3-6,8,10H2,1-2H3,(H,22,25)(H,23,26)(H,27,28)/t17-/m0/s1. The van der Waals surface area contributed by atoms with Gasteiger partial charge in [-0.05, 0) is 55.9 Å². The number of carbonyl (C=O) groups excluding carboxylic acids is 2. The van der Waals surface area contributed by atoms with Crippen molar-refractivity contribution in [1.82, 2.24) is 15.8 Å². The number of methoxy groups -OCH3 is 1. The van der Waals surface area contributed by atoms with Crippen molar-refractivity contribution in [3.63, 3.8) is 0 Å². The number of nitrogens with one attached hydrogen (secondary N) is 2. The Morgan fingerprint density at radius 2 is 2.07 bits per heavy atom. The highest BCUT2D eigenvalue weighted by Gasteiger charge is 2.30. The van der Waals surface area contributed by atoms with E-state index < -0.39 is 17.9 Å². The SMILES string of the molecule is COc1ccc2c(c1)CCc1c(C(=O)N[C@@H](CCCCNC(C)=O)C(=O)O)noc1-2. The molecule has 9 heteroatoms. The second-order valence-corrected chi connectivity index (χ2v) is 7.20. The van der Waals surface area contributed by atoms with E-state index in [4.69, 9.17) is 9.26 Å². The molecular formula is C21H25N3O6. The molecular weight excluding hydrogens is 390 g/mol. The lowest BCUT2D eigenvalue weighted by Gasteiger charge is -2.17. The number of carbonyl (C=O) groups is 3. The van der Waals surface area contributed by atoms with Crippen molar-refractivity contribution in [2.24, 2.45) is 0 Å². The number of nitrogens with zero attached hydrogens (tertiary/aromatic N) is 1. The fourth-order valence-corrected chi connectivity index (χ4v) is 3.54. The van der Waals surface area contributed by atoms with Gasteiger partial charge in [0.25, 0.3) is 5.91 Å². The number of benzene rings is 1. The molecule has 0 spiro atoms. The molecule has 1 atom stereocenters. The molecule has 1 aliphatic carbocycles. The van der Waals surface area contributed by atoms with E-state index in [9.17, 15) is 19.5 Å².